The number of amides is 1. The van der Waals surface area contributed by atoms with Crippen LogP contribution in [-0.4, -0.2) is 12.7 Å². The normalized spacial score (nSPS) is 21.8. The van der Waals surface area contributed by atoms with Crippen molar-refractivity contribution < 1.29 is 14.4 Å². The van der Waals surface area contributed by atoms with Crippen LogP contribution in [0.3, 0.4) is 0 Å². The summed E-state index contributed by atoms with van der Waals surface area (Å²) in [5.74, 6) is 0. The first kappa shape index (κ1) is 8.07. The highest BCUT2D eigenvalue weighted by Gasteiger charge is 2.21. The standard InChI is InChI=1S/C9H9NO3/c11-9-10-12-6-8(13-9)7-4-2-1-3-5-7/h1-5,8H,6H2,(H,10,11). The summed E-state index contributed by atoms with van der Waals surface area (Å²) in [7, 11) is 0. The summed E-state index contributed by atoms with van der Waals surface area (Å²) in [6.07, 6.45) is -0.838. The molecule has 1 aromatic carbocycles. The Morgan fingerprint density at radius 2 is 2.08 bits per heavy atom. The van der Waals surface area contributed by atoms with Gasteiger partial charge in [-0.25, -0.2) is 4.79 Å². The maximum absolute atomic E-state index is 10.8. The number of ether oxygens (including phenoxy) is 1. The summed E-state index contributed by atoms with van der Waals surface area (Å²) in [5, 5.41) is 0. The first-order valence-corrected chi connectivity index (χ1v) is 3.99. The Morgan fingerprint density at radius 1 is 1.31 bits per heavy atom. The van der Waals surface area contributed by atoms with Gasteiger partial charge in [-0.1, -0.05) is 30.3 Å². The smallest absolute Gasteiger partial charge is 0.432 e. The zero-order chi connectivity index (χ0) is 9.10. The molecule has 1 unspecified atom stereocenters. The second-order valence-corrected chi connectivity index (χ2v) is 2.72. The average molecular weight is 179 g/mol. The van der Waals surface area contributed by atoms with Crippen molar-refractivity contribution in [3.63, 3.8) is 0 Å². The molecule has 1 aliphatic heterocycles. The predicted molar refractivity (Wildman–Crippen MR) is 44.8 cm³/mol. The predicted octanol–water partition coefficient (Wildman–Crippen LogP) is 1.40. The minimum Gasteiger partial charge on any atom is -0.437 e. The Labute approximate surface area is 75.4 Å². The maximum atomic E-state index is 10.8. The number of nitrogens with one attached hydrogen (secondary N) is 1. The zero-order valence-corrected chi connectivity index (χ0v) is 6.90. The Balaban J connectivity index is 2.13. The number of hydrogen-bond donors (Lipinski definition) is 1. The summed E-state index contributed by atoms with van der Waals surface area (Å²) in [5.41, 5.74) is 3.06. The second kappa shape index (κ2) is 3.45. The highest BCUT2D eigenvalue weighted by Crippen LogP contribution is 2.19. The number of hydrogen-bond acceptors (Lipinski definition) is 3. The zero-order valence-electron chi connectivity index (χ0n) is 6.90. The van der Waals surface area contributed by atoms with E-state index in [4.69, 9.17) is 9.57 Å². The molecule has 0 radical (unpaired) electrons. The number of carbonyl (C=O) groups excluding carboxylic acids is 1. The first-order chi connectivity index (χ1) is 6.36. The van der Waals surface area contributed by atoms with Gasteiger partial charge in [0.2, 0.25) is 0 Å². The van der Waals surface area contributed by atoms with Crippen LogP contribution in [-0.2, 0) is 9.57 Å². The summed E-state index contributed by atoms with van der Waals surface area (Å²) < 4.78 is 5.00. The van der Waals surface area contributed by atoms with Crippen LogP contribution < -0.4 is 5.48 Å². The van der Waals surface area contributed by atoms with E-state index in [1.165, 1.54) is 0 Å². The van der Waals surface area contributed by atoms with E-state index in [0.717, 1.165) is 5.56 Å². The molecule has 0 bridgehead atoms. The van der Waals surface area contributed by atoms with Gasteiger partial charge in [-0.05, 0) is 5.56 Å². The number of rotatable bonds is 1. The van der Waals surface area contributed by atoms with E-state index in [0.29, 0.717) is 6.61 Å². The molecule has 1 N–H and O–H groups in total. The largest absolute Gasteiger partial charge is 0.437 e. The summed E-state index contributed by atoms with van der Waals surface area (Å²) in [6, 6.07) is 9.49. The van der Waals surface area contributed by atoms with Crippen molar-refractivity contribution >= 4 is 6.09 Å². The number of carbonyl (C=O) groups is 1. The van der Waals surface area contributed by atoms with Crippen LogP contribution >= 0.6 is 0 Å². The molecule has 0 saturated carbocycles. The average Bonchev–Trinajstić information content (AvgIpc) is 2.19. The highest BCUT2D eigenvalue weighted by atomic mass is 16.7. The van der Waals surface area contributed by atoms with E-state index < -0.39 is 6.09 Å². The van der Waals surface area contributed by atoms with Gasteiger partial charge in [0.15, 0.2) is 6.10 Å². The molecule has 0 aromatic heterocycles. The minimum atomic E-state index is -0.542. The van der Waals surface area contributed by atoms with Crippen molar-refractivity contribution in [1.82, 2.24) is 5.48 Å². The van der Waals surface area contributed by atoms with Crippen LogP contribution in [0.1, 0.15) is 11.7 Å². The second-order valence-electron chi connectivity index (χ2n) is 2.72. The molecule has 4 heteroatoms. The molecule has 1 atom stereocenters. The molecule has 1 heterocycles. The molecule has 1 amide bonds. The Kier molecular flexibility index (Phi) is 2.14. The molecular weight excluding hydrogens is 170 g/mol. The number of cyclic esters (lactones) is 1. The minimum absolute atomic E-state index is 0.296. The van der Waals surface area contributed by atoms with Crippen LogP contribution in [0.2, 0.25) is 0 Å². The highest BCUT2D eigenvalue weighted by molar-refractivity contribution is 5.66. The lowest BCUT2D eigenvalue weighted by atomic mass is 10.1. The molecule has 2 rings (SSSR count). The van der Waals surface area contributed by atoms with Crippen LogP contribution in [0.5, 0.6) is 0 Å². The lowest BCUT2D eigenvalue weighted by Gasteiger charge is -2.22. The van der Waals surface area contributed by atoms with Crippen LogP contribution in [0, 0.1) is 0 Å². The molecule has 1 aromatic rings. The van der Waals surface area contributed by atoms with Gasteiger partial charge in [0.05, 0.1) is 0 Å². The molecule has 0 aliphatic carbocycles. The monoisotopic (exact) mass is 179 g/mol. The van der Waals surface area contributed by atoms with E-state index >= 15 is 0 Å². The third-order valence-corrected chi connectivity index (χ3v) is 1.81. The fourth-order valence-electron chi connectivity index (χ4n) is 1.20. The topological polar surface area (TPSA) is 47.6 Å². The Morgan fingerprint density at radius 3 is 2.77 bits per heavy atom. The quantitative estimate of drug-likeness (QED) is 0.708. The van der Waals surface area contributed by atoms with Crippen molar-refractivity contribution in [2.75, 3.05) is 6.61 Å². The van der Waals surface area contributed by atoms with Gasteiger partial charge in [0.25, 0.3) is 0 Å². The molecule has 1 aliphatic rings. The van der Waals surface area contributed by atoms with E-state index in [1.54, 1.807) is 0 Å². The van der Waals surface area contributed by atoms with Gasteiger partial charge < -0.3 is 4.74 Å². The molecule has 1 fully saturated rings. The van der Waals surface area contributed by atoms with Crippen molar-refractivity contribution in [2.45, 2.75) is 6.10 Å². The third kappa shape index (κ3) is 1.78. The Hall–Kier alpha value is -1.55. The van der Waals surface area contributed by atoms with E-state index in [9.17, 15) is 4.79 Å². The molecule has 1 saturated heterocycles. The van der Waals surface area contributed by atoms with Crippen molar-refractivity contribution in [3.05, 3.63) is 35.9 Å². The first-order valence-electron chi connectivity index (χ1n) is 3.99. The van der Waals surface area contributed by atoms with Gasteiger partial charge in [-0.2, -0.15) is 5.48 Å². The number of hydroxylamine groups is 1. The van der Waals surface area contributed by atoms with Crippen LogP contribution in [0.4, 0.5) is 4.79 Å². The van der Waals surface area contributed by atoms with E-state index in [1.807, 2.05) is 30.3 Å². The molecule has 13 heavy (non-hydrogen) atoms. The van der Waals surface area contributed by atoms with Gasteiger partial charge >= 0.3 is 6.09 Å². The van der Waals surface area contributed by atoms with Crippen molar-refractivity contribution in [1.29, 1.82) is 0 Å². The van der Waals surface area contributed by atoms with Crippen LogP contribution in [0.15, 0.2) is 30.3 Å². The van der Waals surface area contributed by atoms with Gasteiger partial charge in [0.1, 0.15) is 6.61 Å². The number of benzene rings is 1. The lowest BCUT2D eigenvalue weighted by molar-refractivity contribution is -0.0744. The molecule has 68 valence electrons. The summed E-state index contributed by atoms with van der Waals surface area (Å²) in [4.78, 5) is 15.6. The third-order valence-electron chi connectivity index (χ3n) is 1.81. The maximum Gasteiger partial charge on any atom is 0.432 e. The summed E-state index contributed by atoms with van der Waals surface area (Å²) in [6.45, 7) is 0.343. The fraction of sp³-hybridized carbons (Fsp3) is 0.222. The van der Waals surface area contributed by atoms with Crippen molar-refractivity contribution in [2.24, 2.45) is 0 Å². The van der Waals surface area contributed by atoms with Gasteiger partial charge in [-0.15, -0.1) is 0 Å². The molecule has 4 nitrogen and oxygen atoms in total. The van der Waals surface area contributed by atoms with Crippen molar-refractivity contribution in [3.8, 4) is 0 Å². The molecular formula is C9H9NO3. The molecule has 0 spiro atoms. The fourth-order valence-corrected chi connectivity index (χ4v) is 1.20. The van der Waals surface area contributed by atoms with E-state index in [2.05, 4.69) is 5.48 Å². The van der Waals surface area contributed by atoms with Crippen LogP contribution in [0.25, 0.3) is 0 Å². The van der Waals surface area contributed by atoms with Gasteiger partial charge in [0, 0.05) is 0 Å². The lowest BCUT2D eigenvalue weighted by Crippen LogP contribution is -2.35. The SMILES string of the molecule is O=C1NOCC(c2ccccc2)O1. The van der Waals surface area contributed by atoms with Gasteiger partial charge in [-0.3, -0.25) is 4.84 Å². The summed E-state index contributed by atoms with van der Waals surface area (Å²) >= 11 is 0. The Bertz CT molecular complexity index is 299. The van der Waals surface area contributed by atoms with E-state index in [-0.39, 0.29) is 6.10 Å².